The van der Waals surface area contributed by atoms with Gasteiger partial charge < -0.3 is 11.1 Å². The average Bonchev–Trinajstić information content (AvgIpc) is 2.46. The van der Waals surface area contributed by atoms with Crippen LogP contribution in [0.1, 0.15) is 21.5 Å². The van der Waals surface area contributed by atoms with Gasteiger partial charge in [0.15, 0.2) is 0 Å². The fourth-order valence-corrected chi connectivity index (χ4v) is 2.56. The molecule has 0 aliphatic carbocycles. The maximum Gasteiger partial charge on any atom is 0.253 e. The molecule has 4 nitrogen and oxygen atoms in total. The summed E-state index contributed by atoms with van der Waals surface area (Å²) in [5.74, 6) is -1.63. The Morgan fingerprint density at radius 2 is 2.15 bits per heavy atom. The maximum atomic E-state index is 13.7. The Morgan fingerprint density at radius 1 is 1.30 bits per heavy atom. The number of halogens is 1. The summed E-state index contributed by atoms with van der Waals surface area (Å²) >= 11 is 0. The number of carbonyl (C=O) groups is 1. The SMILES string of the molecule is NC(=O)c1c(-c2ccc3c(c2)CNCC3)ccnc1F. The molecule has 0 spiro atoms. The largest absolute Gasteiger partial charge is 0.365 e. The van der Waals surface area contributed by atoms with Crippen LogP contribution in [0, 0.1) is 5.95 Å². The van der Waals surface area contributed by atoms with Gasteiger partial charge in [-0.05, 0) is 41.8 Å². The number of fused-ring (bicyclic) bond motifs is 1. The molecular formula is C15H14FN3O. The summed E-state index contributed by atoms with van der Waals surface area (Å²) < 4.78 is 13.7. The lowest BCUT2D eigenvalue weighted by molar-refractivity contribution is 0.0996. The van der Waals surface area contributed by atoms with Gasteiger partial charge in [0.1, 0.15) is 5.56 Å². The Kier molecular flexibility index (Phi) is 3.20. The van der Waals surface area contributed by atoms with Crippen LogP contribution in [0.2, 0.25) is 0 Å². The predicted octanol–water partition coefficient (Wildman–Crippen LogP) is 1.63. The smallest absolute Gasteiger partial charge is 0.253 e. The zero-order valence-electron chi connectivity index (χ0n) is 10.8. The number of nitrogens with zero attached hydrogens (tertiary/aromatic N) is 1. The minimum Gasteiger partial charge on any atom is -0.365 e. The molecule has 1 aromatic heterocycles. The molecule has 1 aliphatic heterocycles. The average molecular weight is 271 g/mol. The molecule has 2 aromatic rings. The number of pyridine rings is 1. The Bertz CT molecular complexity index is 685. The quantitative estimate of drug-likeness (QED) is 0.816. The lowest BCUT2D eigenvalue weighted by Crippen LogP contribution is -2.23. The van der Waals surface area contributed by atoms with Crippen LogP contribution in [0.3, 0.4) is 0 Å². The summed E-state index contributed by atoms with van der Waals surface area (Å²) in [7, 11) is 0. The van der Waals surface area contributed by atoms with E-state index in [1.54, 1.807) is 6.07 Å². The highest BCUT2D eigenvalue weighted by molar-refractivity contribution is 5.99. The highest BCUT2D eigenvalue weighted by atomic mass is 19.1. The molecule has 2 heterocycles. The van der Waals surface area contributed by atoms with Crippen molar-refractivity contribution in [1.82, 2.24) is 10.3 Å². The molecule has 1 aliphatic rings. The maximum absolute atomic E-state index is 13.7. The number of primary amides is 1. The van der Waals surface area contributed by atoms with Crippen molar-refractivity contribution in [2.24, 2.45) is 5.73 Å². The van der Waals surface area contributed by atoms with Gasteiger partial charge in [0, 0.05) is 18.3 Å². The van der Waals surface area contributed by atoms with E-state index >= 15 is 0 Å². The highest BCUT2D eigenvalue weighted by Gasteiger charge is 2.17. The topological polar surface area (TPSA) is 68.0 Å². The number of hydrogen-bond acceptors (Lipinski definition) is 3. The molecule has 0 atom stereocenters. The minimum atomic E-state index is -0.828. The van der Waals surface area contributed by atoms with Crippen molar-refractivity contribution < 1.29 is 9.18 Å². The molecule has 0 unspecified atom stereocenters. The first kappa shape index (κ1) is 12.7. The predicted molar refractivity (Wildman–Crippen MR) is 73.6 cm³/mol. The second-order valence-corrected chi connectivity index (χ2v) is 4.80. The first-order valence-electron chi connectivity index (χ1n) is 6.44. The summed E-state index contributed by atoms with van der Waals surface area (Å²) in [5.41, 5.74) is 8.82. The van der Waals surface area contributed by atoms with Gasteiger partial charge in [0.2, 0.25) is 5.95 Å². The summed E-state index contributed by atoms with van der Waals surface area (Å²) in [5, 5.41) is 3.29. The van der Waals surface area contributed by atoms with E-state index in [1.807, 2.05) is 18.2 Å². The summed E-state index contributed by atoms with van der Waals surface area (Å²) in [6.45, 7) is 1.74. The third-order valence-electron chi connectivity index (χ3n) is 3.55. The first-order valence-corrected chi connectivity index (χ1v) is 6.44. The number of hydrogen-bond donors (Lipinski definition) is 2. The Balaban J connectivity index is 2.14. The third kappa shape index (κ3) is 2.16. The van der Waals surface area contributed by atoms with E-state index < -0.39 is 11.9 Å². The molecular weight excluding hydrogens is 257 g/mol. The van der Waals surface area contributed by atoms with Crippen molar-refractivity contribution in [3.8, 4) is 11.1 Å². The number of amides is 1. The summed E-state index contributed by atoms with van der Waals surface area (Å²) in [6.07, 6.45) is 2.32. The van der Waals surface area contributed by atoms with Crippen LogP contribution in [0.15, 0.2) is 30.5 Å². The van der Waals surface area contributed by atoms with Crippen molar-refractivity contribution in [2.45, 2.75) is 13.0 Å². The van der Waals surface area contributed by atoms with Crippen molar-refractivity contribution in [1.29, 1.82) is 0 Å². The van der Waals surface area contributed by atoms with Gasteiger partial charge in [-0.1, -0.05) is 12.1 Å². The van der Waals surface area contributed by atoms with Gasteiger partial charge >= 0.3 is 0 Å². The molecule has 0 saturated heterocycles. The first-order chi connectivity index (χ1) is 9.66. The normalized spacial score (nSPS) is 13.8. The lowest BCUT2D eigenvalue weighted by atomic mass is 9.94. The van der Waals surface area contributed by atoms with Crippen molar-refractivity contribution in [3.63, 3.8) is 0 Å². The zero-order chi connectivity index (χ0) is 14.1. The van der Waals surface area contributed by atoms with Gasteiger partial charge in [0.25, 0.3) is 5.91 Å². The number of nitrogens with two attached hydrogens (primary N) is 1. The van der Waals surface area contributed by atoms with Crippen molar-refractivity contribution in [3.05, 3.63) is 53.1 Å². The van der Waals surface area contributed by atoms with E-state index in [2.05, 4.69) is 10.3 Å². The second-order valence-electron chi connectivity index (χ2n) is 4.80. The van der Waals surface area contributed by atoms with E-state index in [1.165, 1.54) is 17.3 Å². The van der Waals surface area contributed by atoms with Gasteiger partial charge in [0.05, 0.1) is 0 Å². The van der Waals surface area contributed by atoms with Crippen LogP contribution in [0.5, 0.6) is 0 Å². The van der Waals surface area contributed by atoms with Crippen molar-refractivity contribution >= 4 is 5.91 Å². The monoisotopic (exact) mass is 271 g/mol. The summed E-state index contributed by atoms with van der Waals surface area (Å²) in [6, 6.07) is 7.50. The van der Waals surface area contributed by atoms with E-state index in [0.717, 1.165) is 25.1 Å². The van der Waals surface area contributed by atoms with E-state index in [4.69, 9.17) is 5.73 Å². The van der Waals surface area contributed by atoms with E-state index in [9.17, 15) is 9.18 Å². The molecule has 20 heavy (non-hydrogen) atoms. The summed E-state index contributed by atoms with van der Waals surface area (Å²) in [4.78, 5) is 14.9. The van der Waals surface area contributed by atoms with Gasteiger partial charge in [-0.2, -0.15) is 4.39 Å². The number of benzene rings is 1. The molecule has 3 N–H and O–H groups in total. The fourth-order valence-electron chi connectivity index (χ4n) is 2.56. The van der Waals surface area contributed by atoms with E-state index in [-0.39, 0.29) is 5.56 Å². The molecule has 102 valence electrons. The third-order valence-corrected chi connectivity index (χ3v) is 3.55. The van der Waals surface area contributed by atoms with E-state index in [0.29, 0.717) is 5.56 Å². The number of carbonyl (C=O) groups excluding carboxylic acids is 1. The molecule has 3 rings (SSSR count). The van der Waals surface area contributed by atoms with Crippen molar-refractivity contribution in [2.75, 3.05) is 6.54 Å². The Hall–Kier alpha value is -2.27. The van der Waals surface area contributed by atoms with Crippen LogP contribution in [0.25, 0.3) is 11.1 Å². The number of rotatable bonds is 2. The minimum absolute atomic E-state index is 0.156. The number of nitrogens with one attached hydrogen (secondary N) is 1. The van der Waals surface area contributed by atoms with Gasteiger partial charge in [-0.25, -0.2) is 4.98 Å². The molecule has 1 amide bonds. The van der Waals surface area contributed by atoms with Crippen LogP contribution in [-0.4, -0.2) is 17.4 Å². The van der Waals surface area contributed by atoms with Crippen LogP contribution in [-0.2, 0) is 13.0 Å². The zero-order valence-corrected chi connectivity index (χ0v) is 10.8. The highest BCUT2D eigenvalue weighted by Crippen LogP contribution is 2.27. The molecule has 0 saturated carbocycles. The standard InChI is InChI=1S/C15H14FN3O/c16-14-13(15(17)20)12(4-6-19-14)10-2-1-9-3-5-18-8-11(9)7-10/h1-2,4,6-7,18H,3,5,8H2,(H2,17,20). The molecule has 0 bridgehead atoms. The molecule has 0 radical (unpaired) electrons. The van der Waals surface area contributed by atoms with Gasteiger partial charge in [-0.15, -0.1) is 0 Å². The number of aromatic nitrogens is 1. The molecule has 1 aromatic carbocycles. The Morgan fingerprint density at radius 3 is 2.95 bits per heavy atom. The lowest BCUT2D eigenvalue weighted by Gasteiger charge is -2.18. The van der Waals surface area contributed by atoms with Crippen LogP contribution < -0.4 is 11.1 Å². The van der Waals surface area contributed by atoms with Crippen LogP contribution >= 0.6 is 0 Å². The second kappa shape index (κ2) is 5.02. The molecule has 5 heteroatoms. The Labute approximate surface area is 115 Å². The van der Waals surface area contributed by atoms with Crippen LogP contribution in [0.4, 0.5) is 4.39 Å². The van der Waals surface area contributed by atoms with Gasteiger partial charge in [-0.3, -0.25) is 4.79 Å². The molecule has 0 fully saturated rings. The fraction of sp³-hybridized carbons (Fsp3) is 0.200.